The molecule has 5 heteroatoms. The summed E-state index contributed by atoms with van der Waals surface area (Å²) >= 11 is 0. The standard InChI is InChI=1S/C14H23NO4/c1-6-14(12(17)19-15)8-9(2)7-10(14)11(16)18-13(3,4)5/h10H,2,6-8,15H2,1,3-5H3/t10-,14-/m1/s1. The molecule has 0 amide bonds. The average molecular weight is 269 g/mol. The molecule has 0 aromatic rings. The van der Waals surface area contributed by atoms with Crippen LogP contribution in [0.4, 0.5) is 0 Å². The molecule has 1 aliphatic rings. The van der Waals surface area contributed by atoms with Crippen LogP contribution < -0.4 is 5.90 Å². The molecule has 0 bridgehead atoms. The van der Waals surface area contributed by atoms with Crippen LogP contribution in [0.15, 0.2) is 12.2 Å². The van der Waals surface area contributed by atoms with Gasteiger partial charge in [-0.05, 0) is 40.0 Å². The van der Waals surface area contributed by atoms with Crippen molar-refractivity contribution >= 4 is 11.9 Å². The maximum atomic E-state index is 12.3. The van der Waals surface area contributed by atoms with E-state index in [9.17, 15) is 9.59 Å². The number of rotatable bonds is 3. The summed E-state index contributed by atoms with van der Waals surface area (Å²) in [6.07, 6.45) is 1.33. The van der Waals surface area contributed by atoms with E-state index in [1.165, 1.54) is 0 Å². The topological polar surface area (TPSA) is 78.6 Å². The number of hydrogen-bond donors (Lipinski definition) is 1. The van der Waals surface area contributed by atoms with Gasteiger partial charge in [-0.25, -0.2) is 4.79 Å². The molecule has 1 fully saturated rings. The lowest BCUT2D eigenvalue weighted by atomic mass is 9.75. The van der Waals surface area contributed by atoms with Gasteiger partial charge in [0.05, 0.1) is 11.3 Å². The molecule has 0 saturated heterocycles. The first-order valence-corrected chi connectivity index (χ1v) is 6.47. The summed E-state index contributed by atoms with van der Waals surface area (Å²) in [5.41, 5.74) is -0.676. The predicted molar refractivity (Wildman–Crippen MR) is 70.7 cm³/mol. The van der Waals surface area contributed by atoms with Crippen LogP contribution in [0.25, 0.3) is 0 Å². The van der Waals surface area contributed by atoms with Gasteiger partial charge in [-0.1, -0.05) is 19.1 Å². The van der Waals surface area contributed by atoms with Gasteiger partial charge in [0.2, 0.25) is 0 Å². The number of nitrogens with two attached hydrogens (primary N) is 1. The summed E-state index contributed by atoms with van der Waals surface area (Å²) in [5.74, 6) is 3.49. The highest BCUT2D eigenvalue weighted by atomic mass is 16.7. The molecule has 0 aromatic carbocycles. The Bertz CT molecular complexity index is 397. The number of carbonyl (C=O) groups excluding carboxylic acids is 2. The quantitative estimate of drug-likeness (QED) is 0.482. The van der Waals surface area contributed by atoms with E-state index in [0.29, 0.717) is 19.3 Å². The molecule has 108 valence electrons. The zero-order valence-corrected chi connectivity index (χ0v) is 12.1. The van der Waals surface area contributed by atoms with Crippen LogP contribution in [-0.2, 0) is 19.2 Å². The van der Waals surface area contributed by atoms with Crippen LogP contribution in [0.1, 0.15) is 47.0 Å². The summed E-state index contributed by atoms with van der Waals surface area (Å²) in [4.78, 5) is 28.7. The van der Waals surface area contributed by atoms with E-state index < -0.39 is 28.9 Å². The Morgan fingerprint density at radius 1 is 1.47 bits per heavy atom. The third-order valence-corrected chi connectivity index (χ3v) is 3.56. The van der Waals surface area contributed by atoms with Crippen LogP contribution >= 0.6 is 0 Å². The Morgan fingerprint density at radius 2 is 2.05 bits per heavy atom. The van der Waals surface area contributed by atoms with Crippen molar-refractivity contribution in [1.29, 1.82) is 0 Å². The van der Waals surface area contributed by atoms with Crippen LogP contribution in [0, 0.1) is 11.3 Å². The zero-order chi connectivity index (χ0) is 14.8. The highest BCUT2D eigenvalue weighted by Gasteiger charge is 2.54. The van der Waals surface area contributed by atoms with Gasteiger partial charge in [0, 0.05) is 0 Å². The first kappa shape index (κ1) is 15.7. The van der Waals surface area contributed by atoms with Crippen molar-refractivity contribution in [3.05, 3.63) is 12.2 Å². The van der Waals surface area contributed by atoms with E-state index in [0.717, 1.165) is 5.57 Å². The minimum atomic E-state index is -0.936. The number of ether oxygens (including phenoxy) is 1. The number of hydrogen-bond acceptors (Lipinski definition) is 5. The summed E-state index contributed by atoms with van der Waals surface area (Å²) in [5, 5.41) is 0. The lowest BCUT2D eigenvalue weighted by Crippen LogP contribution is -2.43. The molecule has 1 rings (SSSR count). The highest BCUT2D eigenvalue weighted by molar-refractivity contribution is 5.87. The molecule has 1 saturated carbocycles. The Balaban J connectivity index is 3.05. The highest BCUT2D eigenvalue weighted by Crippen LogP contribution is 2.49. The molecular formula is C14H23NO4. The lowest BCUT2D eigenvalue weighted by Gasteiger charge is -2.31. The first-order valence-electron chi connectivity index (χ1n) is 6.47. The molecule has 2 atom stereocenters. The zero-order valence-electron chi connectivity index (χ0n) is 12.1. The monoisotopic (exact) mass is 269 g/mol. The molecule has 1 aliphatic carbocycles. The lowest BCUT2D eigenvalue weighted by molar-refractivity contribution is -0.174. The van der Waals surface area contributed by atoms with Gasteiger partial charge in [0.1, 0.15) is 5.60 Å². The molecule has 0 aromatic heterocycles. The Labute approximate surface area is 114 Å². The van der Waals surface area contributed by atoms with Crippen molar-refractivity contribution in [2.45, 2.75) is 52.6 Å². The molecule has 5 nitrogen and oxygen atoms in total. The van der Waals surface area contributed by atoms with E-state index in [4.69, 9.17) is 10.6 Å². The smallest absolute Gasteiger partial charge is 0.331 e. The van der Waals surface area contributed by atoms with Crippen molar-refractivity contribution in [3.8, 4) is 0 Å². The van der Waals surface area contributed by atoms with E-state index in [1.807, 2.05) is 6.92 Å². The average Bonchev–Trinajstić information content (AvgIpc) is 2.64. The third kappa shape index (κ3) is 3.15. The van der Waals surface area contributed by atoms with Crippen LogP contribution in [0.3, 0.4) is 0 Å². The molecule has 2 N–H and O–H groups in total. The number of carbonyl (C=O) groups is 2. The number of allylic oxidation sites excluding steroid dienone is 1. The Kier molecular flexibility index (Phi) is 4.40. The molecule has 0 spiro atoms. The Morgan fingerprint density at radius 3 is 2.47 bits per heavy atom. The first-order chi connectivity index (χ1) is 8.66. The van der Waals surface area contributed by atoms with Crippen molar-refractivity contribution in [1.82, 2.24) is 0 Å². The van der Waals surface area contributed by atoms with Gasteiger partial charge >= 0.3 is 11.9 Å². The van der Waals surface area contributed by atoms with Gasteiger partial charge in [0.25, 0.3) is 0 Å². The van der Waals surface area contributed by atoms with E-state index in [-0.39, 0.29) is 0 Å². The SMILES string of the molecule is C=C1C[C@H](C(=O)OC(C)(C)C)[C@](CC)(C(=O)ON)C1. The molecule has 0 unspecified atom stereocenters. The van der Waals surface area contributed by atoms with Gasteiger partial charge in [-0.2, -0.15) is 5.90 Å². The van der Waals surface area contributed by atoms with Crippen molar-refractivity contribution < 1.29 is 19.2 Å². The summed E-state index contributed by atoms with van der Waals surface area (Å²) in [6, 6.07) is 0. The maximum Gasteiger partial charge on any atom is 0.331 e. The van der Waals surface area contributed by atoms with Crippen LogP contribution in [-0.4, -0.2) is 17.5 Å². The summed E-state index contributed by atoms with van der Waals surface area (Å²) in [6.45, 7) is 11.1. The molecule has 0 aliphatic heterocycles. The van der Waals surface area contributed by atoms with Crippen molar-refractivity contribution in [3.63, 3.8) is 0 Å². The second kappa shape index (κ2) is 5.33. The Hall–Kier alpha value is -1.36. The second-order valence-electron chi connectivity index (χ2n) is 6.13. The van der Waals surface area contributed by atoms with E-state index in [2.05, 4.69) is 11.4 Å². The van der Waals surface area contributed by atoms with Gasteiger partial charge in [-0.15, -0.1) is 0 Å². The second-order valence-corrected chi connectivity index (χ2v) is 6.13. The normalized spacial score (nSPS) is 27.2. The predicted octanol–water partition coefficient (Wildman–Crippen LogP) is 2.11. The largest absolute Gasteiger partial charge is 0.460 e. The van der Waals surface area contributed by atoms with Crippen molar-refractivity contribution in [2.24, 2.45) is 17.2 Å². The molecule has 19 heavy (non-hydrogen) atoms. The van der Waals surface area contributed by atoms with Crippen LogP contribution in [0.2, 0.25) is 0 Å². The minimum absolute atomic E-state index is 0.390. The fraction of sp³-hybridized carbons (Fsp3) is 0.714. The maximum absolute atomic E-state index is 12.3. The minimum Gasteiger partial charge on any atom is -0.460 e. The fourth-order valence-corrected chi connectivity index (χ4v) is 2.65. The van der Waals surface area contributed by atoms with E-state index >= 15 is 0 Å². The fourth-order valence-electron chi connectivity index (χ4n) is 2.65. The summed E-state index contributed by atoms with van der Waals surface area (Å²) < 4.78 is 5.39. The van der Waals surface area contributed by atoms with Gasteiger partial charge in [0.15, 0.2) is 0 Å². The van der Waals surface area contributed by atoms with Gasteiger partial charge in [-0.3, -0.25) is 4.79 Å². The van der Waals surface area contributed by atoms with Gasteiger partial charge < -0.3 is 9.57 Å². The molecule has 0 heterocycles. The summed E-state index contributed by atoms with van der Waals surface area (Å²) in [7, 11) is 0. The van der Waals surface area contributed by atoms with Crippen LogP contribution in [0.5, 0.6) is 0 Å². The molecular weight excluding hydrogens is 246 g/mol. The number of esters is 1. The molecule has 0 radical (unpaired) electrons. The van der Waals surface area contributed by atoms with E-state index in [1.54, 1.807) is 20.8 Å². The van der Waals surface area contributed by atoms with Crippen molar-refractivity contribution in [2.75, 3.05) is 0 Å². The third-order valence-electron chi connectivity index (χ3n) is 3.56.